The fourth-order valence-electron chi connectivity index (χ4n) is 1.85. The number of terminal acetylenes is 1. The molecule has 0 fully saturated rings. The van der Waals surface area contributed by atoms with E-state index in [-0.39, 0.29) is 18.2 Å². The molecule has 2 aromatic rings. The van der Waals surface area contributed by atoms with Crippen LogP contribution in [0.15, 0.2) is 29.4 Å². The highest BCUT2D eigenvalue weighted by molar-refractivity contribution is 7.99. The van der Waals surface area contributed by atoms with Crippen molar-refractivity contribution in [2.75, 3.05) is 12.3 Å². The maximum atomic E-state index is 11.6. The number of nitrogens with one attached hydrogen (secondary N) is 1. The molecular formula is C15H15ClN4OS. The van der Waals surface area contributed by atoms with Gasteiger partial charge in [-0.05, 0) is 19.1 Å². The molecule has 0 aliphatic heterocycles. The van der Waals surface area contributed by atoms with E-state index in [1.165, 1.54) is 11.8 Å². The van der Waals surface area contributed by atoms with E-state index in [9.17, 15) is 4.79 Å². The van der Waals surface area contributed by atoms with Crippen molar-refractivity contribution in [3.63, 3.8) is 0 Å². The summed E-state index contributed by atoms with van der Waals surface area (Å²) >= 11 is 7.34. The standard InChI is InChI=1S/C15H15ClN4OS/c1-3-8-17-13(21)10-22-15-19-18-14(20(15)4-2)11-6-5-7-12(16)9-11/h1,5-7,9H,4,8,10H2,2H3,(H,17,21). The summed E-state index contributed by atoms with van der Waals surface area (Å²) in [4.78, 5) is 11.6. The quantitative estimate of drug-likeness (QED) is 0.651. The molecule has 22 heavy (non-hydrogen) atoms. The molecular weight excluding hydrogens is 320 g/mol. The number of aromatic nitrogens is 3. The molecule has 1 amide bonds. The van der Waals surface area contributed by atoms with Gasteiger partial charge < -0.3 is 9.88 Å². The Hall–Kier alpha value is -1.97. The normalized spacial score (nSPS) is 10.2. The van der Waals surface area contributed by atoms with Crippen molar-refractivity contribution in [2.24, 2.45) is 0 Å². The average Bonchev–Trinajstić information content (AvgIpc) is 2.93. The molecule has 1 aromatic carbocycles. The number of hydrogen-bond acceptors (Lipinski definition) is 4. The van der Waals surface area contributed by atoms with Gasteiger partial charge in [-0.2, -0.15) is 0 Å². The first-order valence-electron chi connectivity index (χ1n) is 6.67. The Morgan fingerprint density at radius 3 is 3.00 bits per heavy atom. The minimum Gasteiger partial charge on any atom is -0.344 e. The number of nitrogens with zero attached hydrogens (tertiary/aromatic N) is 3. The first-order valence-corrected chi connectivity index (χ1v) is 8.04. The lowest BCUT2D eigenvalue weighted by Crippen LogP contribution is -2.25. The van der Waals surface area contributed by atoms with Crippen molar-refractivity contribution >= 4 is 29.3 Å². The lowest BCUT2D eigenvalue weighted by atomic mass is 10.2. The Morgan fingerprint density at radius 2 is 2.32 bits per heavy atom. The number of halogens is 1. The number of carbonyl (C=O) groups excluding carboxylic acids is 1. The van der Waals surface area contributed by atoms with Gasteiger partial charge in [-0.1, -0.05) is 41.4 Å². The van der Waals surface area contributed by atoms with E-state index in [0.717, 1.165) is 11.4 Å². The molecule has 7 heteroatoms. The molecule has 5 nitrogen and oxygen atoms in total. The Balaban J connectivity index is 2.14. The van der Waals surface area contributed by atoms with Crippen LogP contribution in [0.25, 0.3) is 11.4 Å². The van der Waals surface area contributed by atoms with Crippen LogP contribution in [0.2, 0.25) is 5.02 Å². The number of rotatable bonds is 6. The van der Waals surface area contributed by atoms with E-state index in [2.05, 4.69) is 21.4 Å². The highest BCUT2D eigenvalue weighted by atomic mass is 35.5. The van der Waals surface area contributed by atoms with Crippen molar-refractivity contribution in [1.82, 2.24) is 20.1 Å². The van der Waals surface area contributed by atoms with Crippen molar-refractivity contribution < 1.29 is 4.79 Å². The number of thioether (sulfide) groups is 1. The monoisotopic (exact) mass is 334 g/mol. The van der Waals surface area contributed by atoms with Crippen LogP contribution in [0, 0.1) is 12.3 Å². The predicted octanol–water partition coefficient (Wildman–Crippen LogP) is 2.46. The summed E-state index contributed by atoms with van der Waals surface area (Å²) in [6.07, 6.45) is 5.10. The Morgan fingerprint density at radius 1 is 1.50 bits per heavy atom. The van der Waals surface area contributed by atoms with Crippen molar-refractivity contribution in [2.45, 2.75) is 18.6 Å². The number of carbonyl (C=O) groups is 1. The van der Waals surface area contributed by atoms with Crippen molar-refractivity contribution in [1.29, 1.82) is 0 Å². The zero-order valence-electron chi connectivity index (χ0n) is 12.0. The van der Waals surface area contributed by atoms with Gasteiger partial charge in [-0.3, -0.25) is 4.79 Å². The molecule has 0 aliphatic carbocycles. The summed E-state index contributed by atoms with van der Waals surface area (Å²) in [6, 6.07) is 7.44. The van der Waals surface area contributed by atoms with Crippen LogP contribution < -0.4 is 5.32 Å². The van der Waals surface area contributed by atoms with Gasteiger partial charge in [-0.25, -0.2) is 0 Å². The van der Waals surface area contributed by atoms with E-state index in [0.29, 0.717) is 16.7 Å². The third-order valence-corrected chi connectivity index (χ3v) is 4.04. The molecule has 0 bridgehead atoms. The van der Waals surface area contributed by atoms with Crippen molar-refractivity contribution in [3.05, 3.63) is 29.3 Å². The molecule has 114 valence electrons. The molecule has 0 unspecified atom stereocenters. The van der Waals surface area contributed by atoms with Crippen LogP contribution >= 0.6 is 23.4 Å². The number of hydrogen-bond donors (Lipinski definition) is 1. The Labute approximate surface area is 138 Å². The zero-order chi connectivity index (χ0) is 15.9. The van der Waals surface area contributed by atoms with Crippen LogP contribution in [-0.2, 0) is 11.3 Å². The van der Waals surface area contributed by atoms with Gasteiger partial charge in [0.15, 0.2) is 11.0 Å². The van der Waals surface area contributed by atoms with Crippen LogP contribution in [0.4, 0.5) is 0 Å². The first kappa shape index (κ1) is 16.4. The highest BCUT2D eigenvalue weighted by Crippen LogP contribution is 2.25. The molecule has 1 aromatic heterocycles. The Bertz CT molecular complexity index is 708. The average molecular weight is 335 g/mol. The summed E-state index contributed by atoms with van der Waals surface area (Å²) in [5, 5.41) is 12.3. The molecule has 1 heterocycles. The van der Waals surface area contributed by atoms with Gasteiger partial charge in [0.05, 0.1) is 12.3 Å². The smallest absolute Gasteiger partial charge is 0.231 e. The second-order valence-electron chi connectivity index (χ2n) is 4.33. The second-order valence-corrected chi connectivity index (χ2v) is 5.71. The third-order valence-electron chi connectivity index (χ3n) is 2.84. The van der Waals surface area contributed by atoms with Gasteiger partial charge in [0.1, 0.15) is 0 Å². The number of amides is 1. The zero-order valence-corrected chi connectivity index (χ0v) is 13.6. The van der Waals surface area contributed by atoms with Crippen molar-refractivity contribution in [3.8, 4) is 23.7 Å². The summed E-state index contributed by atoms with van der Waals surface area (Å²) in [6.45, 7) is 2.93. The van der Waals surface area contributed by atoms with Crippen LogP contribution in [0.1, 0.15) is 6.92 Å². The maximum Gasteiger partial charge on any atom is 0.231 e. The largest absolute Gasteiger partial charge is 0.344 e. The molecule has 0 radical (unpaired) electrons. The topological polar surface area (TPSA) is 59.8 Å². The van der Waals surface area contributed by atoms with Gasteiger partial charge in [0, 0.05) is 17.1 Å². The van der Waals surface area contributed by atoms with E-state index < -0.39 is 0 Å². The summed E-state index contributed by atoms with van der Waals surface area (Å²) in [5.74, 6) is 3.21. The van der Waals surface area contributed by atoms with E-state index >= 15 is 0 Å². The van der Waals surface area contributed by atoms with Gasteiger partial charge in [-0.15, -0.1) is 16.6 Å². The first-order chi connectivity index (χ1) is 10.7. The highest BCUT2D eigenvalue weighted by Gasteiger charge is 2.14. The molecule has 2 rings (SSSR count). The van der Waals surface area contributed by atoms with E-state index in [1.807, 2.05) is 35.8 Å². The lowest BCUT2D eigenvalue weighted by molar-refractivity contribution is -0.118. The molecule has 1 N–H and O–H groups in total. The van der Waals surface area contributed by atoms with Gasteiger partial charge in [0.25, 0.3) is 0 Å². The third kappa shape index (κ3) is 4.03. The van der Waals surface area contributed by atoms with E-state index in [4.69, 9.17) is 18.0 Å². The predicted molar refractivity (Wildman–Crippen MR) is 88.7 cm³/mol. The van der Waals surface area contributed by atoms with E-state index in [1.54, 1.807) is 0 Å². The number of benzene rings is 1. The minimum atomic E-state index is -0.127. The minimum absolute atomic E-state index is 0.127. The van der Waals surface area contributed by atoms with Crippen LogP contribution in [0.3, 0.4) is 0 Å². The lowest BCUT2D eigenvalue weighted by Gasteiger charge is -2.07. The van der Waals surface area contributed by atoms with Crippen LogP contribution in [0.5, 0.6) is 0 Å². The summed E-state index contributed by atoms with van der Waals surface area (Å²) in [7, 11) is 0. The maximum absolute atomic E-state index is 11.6. The van der Waals surface area contributed by atoms with Gasteiger partial charge in [0.2, 0.25) is 5.91 Å². The SMILES string of the molecule is C#CCNC(=O)CSc1nnc(-c2cccc(Cl)c2)n1CC. The van der Waals surface area contributed by atoms with Crippen LogP contribution in [-0.4, -0.2) is 33.0 Å². The molecule has 0 spiro atoms. The van der Waals surface area contributed by atoms with Gasteiger partial charge >= 0.3 is 0 Å². The molecule has 0 atom stereocenters. The fraction of sp³-hybridized carbons (Fsp3) is 0.267. The summed E-state index contributed by atoms with van der Waals surface area (Å²) < 4.78 is 1.95. The molecule has 0 aliphatic rings. The fourth-order valence-corrected chi connectivity index (χ4v) is 2.87. The second kappa shape index (κ2) is 7.87. The molecule has 0 saturated heterocycles. The summed E-state index contributed by atoms with van der Waals surface area (Å²) in [5.41, 5.74) is 0.894. The Kier molecular flexibility index (Phi) is 5.87. The molecule has 0 saturated carbocycles.